The van der Waals surface area contributed by atoms with Crippen molar-refractivity contribution in [3.05, 3.63) is 82.3 Å². The average Bonchev–Trinajstić information content (AvgIpc) is 2.47. The fourth-order valence-electron chi connectivity index (χ4n) is 2.30. The monoisotopic (exact) mass is 324 g/mol. The lowest BCUT2D eigenvalue weighted by Crippen LogP contribution is -2.03. The Balaban J connectivity index is 1.88. The Hall–Kier alpha value is -1.93. The van der Waals surface area contributed by atoms with E-state index in [9.17, 15) is 4.79 Å². The van der Waals surface area contributed by atoms with E-state index < -0.39 is 0 Å². The molecule has 0 aliphatic rings. The molecule has 3 aromatic rings. The second kappa shape index (κ2) is 5.59. The van der Waals surface area contributed by atoms with Crippen LogP contribution < -0.4 is 0 Å². The second-order valence-electron chi connectivity index (χ2n) is 4.79. The highest BCUT2D eigenvalue weighted by molar-refractivity contribution is 9.10. The molecule has 98 valence electrons. The minimum atomic E-state index is 0.147. The lowest BCUT2D eigenvalue weighted by Gasteiger charge is -2.04. The van der Waals surface area contributed by atoms with E-state index in [2.05, 4.69) is 22.0 Å². The molecule has 0 spiro atoms. The zero-order chi connectivity index (χ0) is 13.9. The number of rotatable bonds is 3. The molecule has 0 heterocycles. The Morgan fingerprint density at radius 3 is 2.45 bits per heavy atom. The molecule has 0 fully saturated rings. The summed E-state index contributed by atoms with van der Waals surface area (Å²) in [4.78, 5) is 12.4. The maximum absolute atomic E-state index is 12.4. The second-order valence-corrected chi connectivity index (χ2v) is 5.71. The van der Waals surface area contributed by atoms with Crippen molar-refractivity contribution in [1.82, 2.24) is 0 Å². The van der Waals surface area contributed by atoms with Crippen molar-refractivity contribution < 1.29 is 4.79 Å². The fourth-order valence-corrected chi connectivity index (χ4v) is 2.74. The zero-order valence-corrected chi connectivity index (χ0v) is 12.4. The summed E-state index contributed by atoms with van der Waals surface area (Å²) in [5.74, 6) is 0.147. The number of carbonyl (C=O) groups is 1. The molecule has 20 heavy (non-hydrogen) atoms. The van der Waals surface area contributed by atoms with Crippen molar-refractivity contribution in [1.29, 1.82) is 0 Å². The highest BCUT2D eigenvalue weighted by Crippen LogP contribution is 2.18. The number of hydrogen-bond donors (Lipinski definition) is 0. The lowest BCUT2D eigenvalue weighted by atomic mass is 10.00. The van der Waals surface area contributed by atoms with Crippen LogP contribution >= 0.6 is 15.9 Å². The summed E-state index contributed by atoms with van der Waals surface area (Å²) in [7, 11) is 0. The van der Waals surface area contributed by atoms with E-state index >= 15 is 0 Å². The third kappa shape index (κ3) is 2.81. The molecule has 0 bridgehead atoms. The molecular formula is C18H13BrO. The SMILES string of the molecule is O=C(Cc1cccc(Br)c1)c1ccc2ccccc2c1. The fraction of sp³-hybridized carbons (Fsp3) is 0.0556. The topological polar surface area (TPSA) is 17.1 Å². The van der Waals surface area contributed by atoms with Crippen LogP contribution in [-0.4, -0.2) is 5.78 Å². The first kappa shape index (κ1) is 13.1. The van der Waals surface area contributed by atoms with Gasteiger partial charge in [0, 0.05) is 16.5 Å². The van der Waals surface area contributed by atoms with Crippen molar-refractivity contribution in [3.63, 3.8) is 0 Å². The van der Waals surface area contributed by atoms with E-state index in [0.29, 0.717) is 6.42 Å². The highest BCUT2D eigenvalue weighted by atomic mass is 79.9. The van der Waals surface area contributed by atoms with Crippen LogP contribution in [0.5, 0.6) is 0 Å². The van der Waals surface area contributed by atoms with Crippen LogP contribution in [0.15, 0.2) is 71.2 Å². The van der Waals surface area contributed by atoms with Gasteiger partial charge in [-0.2, -0.15) is 0 Å². The zero-order valence-electron chi connectivity index (χ0n) is 10.8. The van der Waals surface area contributed by atoms with Gasteiger partial charge in [0.15, 0.2) is 5.78 Å². The molecule has 0 unspecified atom stereocenters. The molecule has 0 radical (unpaired) electrons. The molecule has 3 aromatic carbocycles. The Morgan fingerprint density at radius 2 is 1.65 bits per heavy atom. The van der Waals surface area contributed by atoms with Gasteiger partial charge in [0.1, 0.15) is 0 Å². The van der Waals surface area contributed by atoms with Crippen LogP contribution in [0, 0.1) is 0 Å². The molecular weight excluding hydrogens is 312 g/mol. The Bertz CT molecular complexity index is 777. The summed E-state index contributed by atoms with van der Waals surface area (Å²) in [6.07, 6.45) is 0.428. The maximum Gasteiger partial charge on any atom is 0.167 e. The molecule has 0 aromatic heterocycles. The first-order valence-corrected chi connectivity index (χ1v) is 7.28. The average molecular weight is 325 g/mol. The summed E-state index contributed by atoms with van der Waals surface area (Å²) in [6.45, 7) is 0. The van der Waals surface area contributed by atoms with Crippen molar-refractivity contribution in [2.75, 3.05) is 0 Å². The predicted molar refractivity (Wildman–Crippen MR) is 86.1 cm³/mol. The molecule has 0 amide bonds. The molecule has 0 atom stereocenters. The van der Waals surface area contributed by atoms with Crippen LogP contribution in [0.3, 0.4) is 0 Å². The van der Waals surface area contributed by atoms with E-state index in [1.54, 1.807) is 0 Å². The van der Waals surface area contributed by atoms with Crippen molar-refractivity contribution in [2.45, 2.75) is 6.42 Å². The molecule has 0 N–H and O–H groups in total. The molecule has 1 nitrogen and oxygen atoms in total. The predicted octanol–water partition coefficient (Wildman–Crippen LogP) is 5.03. The minimum absolute atomic E-state index is 0.147. The van der Waals surface area contributed by atoms with Crippen molar-refractivity contribution >= 4 is 32.5 Å². The molecule has 0 aliphatic carbocycles. The van der Waals surface area contributed by atoms with Crippen LogP contribution in [0.4, 0.5) is 0 Å². The summed E-state index contributed by atoms with van der Waals surface area (Å²) < 4.78 is 1.00. The number of hydrogen-bond acceptors (Lipinski definition) is 1. The molecule has 0 aliphatic heterocycles. The highest BCUT2D eigenvalue weighted by Gasteiger charge is 2.08. The van der Waals surface area contributed by atoms with Gasteiger partial charge in [-0.25, -0.2) is 0 Å². The van der Waals surface area contributed by atoms with Crippen molar-refractivity contribution in [2.24, 2.45) is 0 Å². The number of benzene rings is 3. The van der Waals surface area contributed by atoms with Crippen LogP contribution in [0.25, 0.3) is 10.8 Å². The standard InChI is InChI=1S/C18H13BrO/c19-17-7-3-4-13(10-17)11-18(20)16-9-8-14-5-1-2-6-15(14)12-16/h1-10,12H,11H2. The van der Waals surface area contributed by atoms with Gasteiger partial charge in [-0.1, -0.05) is 64.5 Å². The van der Waals surface area contributed by atoms with Crippen LogP contribution in [-0.2, 0) is 6.42 Å². The van der Waals surface area contributed by atoms with Gasteiger partial charge >= 0.3 is 0 Å². The molecule has 3 rings (SSSR count). The van der Waals surface area contributed by atoms with E-state index in [1.165, 1.54) is 0 Å². The van der Waals surface area contributed by atoms with E-state index in [-0.39, 0.29) is 5.78 Å². The van der Waals surface area contributed by atoms with Gasteiger partial charge in [-0.15, -0.1) is 0 Å². The number of carbonyl (C=O) groups excluding carboxylic acids is 1. The quantitative estimate of drug-likeness (QED) is 0.618. The normalized spacial score (nSPS) is 10.7. The molecule has 0 saturated carbocycles. The number of ketones is 1. The lowest BCUT2D eigenvalue weighted by molar-refractivity contribution is 0.0993. The van der Waals surface area contributed by atoms with Gasteiger partial charge in [0.05, 0.1) is 0 Å². The van der Waals surface area contributed by atoms with Gasteiger partial charge in [-0.05, 0) is 34.5 Å². The Morgan fingerprint density at radius 1 is 0.850 bits per heavy atom. The van der Waals surface area contributed by atoms with Crippen LogP contribution in [0.1, 0.15) is 15.9 Å². The maximum atomic E-state index is 12.4. The van der Waals surface area contributed by atoms with E-state index in [4.69, 9.17) is 0 Å². The minimum Gasteiger partial charge on any atom is -0.294 e. The number of fused-ring (bicyclic) bond motifs is 1. The van der Waals surface area contributed by atoms with Gasteiger partial charge in [0.25, 0.3) is 0 Å². The Labute approximate surface area is 126 Å². The summed E-state index contributed by atoms with van der Waals surface area (Å²) in [5.41, 5.74) is 1.79. The van der Waals surface area contributed by atoms with Crippen molar-refractivity contribution in [3.8, 4) is 0 Å². The smallest absolute Gasteiger partial charge is 0.167 e. The largest absolute Gasteiger partial charge is 0.294 e. The van der Waals surface area contributed by atoms with Gasteiger partial charge in [0.2, 0.25) is 0 Å². The number of Topliss-reactive ketones (excluding diaryl/α,β-unsaturated/α-hetero) is 1. The summed E-state index contributed by atoms with van der Waals surface area (Å²) >= 11 is 3.43. The third-order valence-corrected chi connectivity index (χ3v) is 3.82. The first-order chi connectivity index (χ1) is 9.72. The number of halogens is 1. The summed E-state index contributed by atoms with van der Waals surface area (Å²) in [5, 5.41) is 2.26. The first-order valence-electron chi connectivity index (χ1n) is 6.49. The van der Waals surface area contributed by atoms with Gasteiger partial charge in [-0.3, -0.25) is 4.79 Å². The summed E-state index contributed by atoms with van der Waals surface area (Å²) in [6, 6.07) is 21.8. The van der Waals surface area contributed by atoms with E-state index in [1.807, 2.05) is 60.7 Å². The van der Waals surface area contributed by atoms with Crippen LogP contribution in [0.2, 0.25) is 0 Å². The molecule has 0 saturated heterocycles. The Kier molecular flexibility index (Phi) is 3.66. The van der Waals surface area contributed by atoms with Gasteiger partial charge < -0.3 is 0 Å². The third-order valence-electron chi connectivity index (χ3n) is 3.33. The molecule has 2 heteroatoms. The van der Waals surface area contributed by atoms with E-state index in [0.717, 1.165) is 26.4 Å².